The van der Waals surface area contributed by atoms with Gasteiger partial charge in [0.2, 0.25) is 0 Å². The first-order chi connectivity index (χ1) is 19.0. The van der Waals surface area contributed by atoms with E-state index in [4.69, 9.17) is 21.1 Å². The topological polar surface area (TPSA) is 77.0 Å². The number of ether oxygens (including phenoxy) is 2. The molecule has 1 amide bonds. The molecular weight excluding hydrogens is 532 g/mol. The number of thiophene rings is 1. The maximum atomic E-state index is 12.7. The molecule has 194 valence electrons. The molecule has 0 aliphatic rings. The van der Waals surface area contributed by atoms with Crippen LogP contribution in [0.5, 0.6) is 11.5 Å². The quantitative estimate of drug-likeness (QED) is 0.0940. The number of carbonyl (C=O) groups is 2. The Hall–Kier alpha value is -4.46. The van der Waals surface area contributed by atoms with E-state index in [1.54, 1.807) is 31.2 Å². The maximum Gasteiger partial charge on any atom is 0.355 e. The van der Waals surface area contributed by atoms with Crippen LogP contribution in [0.15, 0.2) is 108 Å². The number of rotatable bonds is 8. The first-order valence-corrected chi connectivity index (χ1v) is 13.3. The number of hydrogen-bond acceptors (Lipinski definition) is 6. The molecule has 0 saturated carbocycles. The lowest BCUT2D eigenvalue weighted by Gasteiger charge is -2.13. The largest absolute Gasteiger partial charge is 0.481 e. The van der Waals surface area contributed by atoms with Gasteiger partial charge in [0.1, 0.15) is 16.4 Å². The second kappa shape index (κ2) is 11.9. The summed E-state index contributed by atoms with van der Waals surface area (Å²) < 4.78 is 12.2. The van der Waals surface area contributed by atoms with Gasteiger partial charge in [0.25, 0.3) is 5.91 Å². The van der Waals surface area contributed by atoms with E-state index in [2.05, 4.69) is 10.5 Å². The number of carbonyl (C=O) groups excluding carboxylic acids is 2. The Balaban J connectivity index is 1.16. The molecule has 0 saturated heterocycles. The Morgan fingerprint density at radius 3 is 2.36 bits per heavy atom. The van der Waals surface area contributed by atoms with Crippen LogP contribution in [0.2, 0.25) is 5.02 Å². The summed E-state index contributed by atoms with van der Waals surface area (Å²) in [6, 6.07) is 31.9. The molecule has 1 atom stereocenters. The van der Waals surface area contributed by atoms with Crippen LogP contribution in [0.4, 0.5) is 0 Å². The molecule has 0 aliphatic heterocycles. The van der Waals surface area contributed by atoms with E-state index in [1.807, 2.05) is 78.9 Å². The highest BCUT2D eigenvalue weighted by molar-refractivity contribution is 7.21. The number of fused-ring (bicyclic) bond motifs is 1. The van der Waals surface area contributed by atoms with Crippen LogP contribution in [0, 0.1) is 0 Å². The number of nitrogens with zero attached hydrogens (tertiary/aromatic N) is 1. The SMILES string of the molecule is C[C@H](Oc1ccc(-c2ccccc2)cc1)C(=O)N/N=C\c1cccc(OC(=O)c2sc3ccccc3c2Cl)c1. The van der Waals surface area contributed by atoms with Crippen molar-refractivity contribution in [1.82, 2.24) is 5.43 Å². The minimum absolute atomic E-state index is 0.333. The van der Waals surface area contributed by atoms with Crippen molar-refractivity contribution in [3.63, 3.8) is 0 Å². The molecule has 6 nitrogen and oxygen atoms in total. The van der Waals surface area contributed by atoms with Crippen LogP contribution in [-0.2, 0) is 4.79 Å². The zero-order valence-electron chi connectivity index (χ0n) is 20.8. The third kappa shape index (κ3) is 6.34. The van der Waals surface area contributed by atoms with Crippen LogP contribution < -0.4 is 14.9 Å². The molecule has 1 heterocycles. The lowest BCUT2D eigenvalue weighted by molar-refractivity contribution is -0.127. The average Bonchev–Trinajstić information content (AvgIpc) is 3.30. The highest BCUT2D eigenvalue weighted by Crippen LogP contribution is 2.35. The van der Waals surface area contributed by atoms with Gasteiger partial charge >= 0.3 is 5.97 Å². The van der Waals surface area contributed by atoms with Crippen LogP contribution in [-0.4, -0.2) is 24.2 Å². The van der Waals surface area contributed by atoms with Crippen molar-refractivity contribution in [2.24, 2.45) is 5.10 Å². The Morgan fingerprint density at radius 2 is 1.59 bits per heavy atom. The summed E-state index contributed by atoms with van der Waals surface area (Å²) in [4.78, 5) is 25.5. The maximum absolute atomic E-state index is 12.7. The van der Waals surface area contributed by atoms with Crippen LogP contribution in [0.25, 0.3) is 21.2 Å². The van der Waals surface area contributed by atoms with Crippen molar-refractivity contribution in [3.05, 3.63) is 119 Å². The normalized spacial score (nSPS) is 11.8. The minimum Gasteiger partial charge on any atom is -0.481 e. The van der Waals surface area contributed by atoms with E-state index in [1.165, 1.54) is 17.6 Å². The number of benzene rings is 4. The van der Waals surface area contributed by atoms with Gasteiger partial charge in [-0.1, -0.05) is 84.4 Å². The zero-order valence-corrected chi connectivity index (χ0v) is 22.4. The summed E-state index contributed by atoms with van der Waals surface area (Å²) in [6.45, 7) is 1.65. The van der Waals surface area contributed by atoms with Gasteiger partial charge in [-0.25, -0.2) is 10.2 Å². The monoisotopic (exact) mass is 554 g/mol. The summed E-state index contributed by atoms with van der Waals surface area (Å²) in [6.07, 6.45) is 0.700. The molecular formula is C31H23ClN2O4S. The van der Waals surface area contributed by atoms with Gasteiger partial charge in [-0.3, -0.25) is 4.79 Å². The molecule has 1 aromatic heterocycles. The number of hydrogen-bond donors (Lipinski definition) is 1. The van der Waals surface area contributed by atoms with Gasteiger partial charge in [-0.15, -0.1) is 11.3 Å². The van der Waals surface area contributed by atoms with E-state index < -0.39 is 18.0 Å². The van der Waals surface area contributed by atoms with E-state index in [0.29, 0.717) is 27.0 Å². The Labute approximate surface area is 234 Å². The Bertz CT molecular complexity index is 1650. The first kappa shape index (κ1) is 26.2. The number of amides is 1. The Kier molecular flexibility index (Phi) is 8.01. The standard InChI is InChI=1S/C31H23ClN2O4S/c1-20(37-24-16-14-23(15-17-24)22-9-3-2-4-10-22)30(35)34-33-19-21-8-7-11-25(18-21)38-31(36)29-28(32)26-12-5-6-13-27(26)39-29/h2-20H,1H3,(H,34,35)/b33-19-/t20-/m0/s1. The fourth-order valence-electron chi connectivity index (χ4n) is 3.83. The third-order valence-corrected chi connectivity index (χ3v) is 7.48. The molecule has 8 heteroatoms. The molecule has 1 N–H and O–H groups in total. The Morgan fingerprint density at radius 1 is 0.872 bits per heavy atom. The van der Waals surface area contributed by atoms with E-state index in [0.717, 1.165) is 21.2 Å². The van der Waals surface area contributed by atoms with Crippen molar-refractivity contribution in [3.8, 4) is 22.6 Å². The van der Waals surface area contributed by atoms with Crippen molar-refractivity contribution < 1.29 is 19.1 Å². The van der Waals surface area contributed by atoms with Gasteiger partial charge in [-0.2, -0.15) is 5.10 Å². The lowest BCUT2D eigenvalue weighted by atomic mass is 10.1. The van der Waals surface area contributed by atoms with Crippen molar-refractivity contribution in [2.75, 3.05) is 0 Å². The minimum atomic E-state index is -0.761. The van der Waals surface area contributed by atoms with Gasteiger partial charge in [0.05, 0.1) is 11.2 Å². The summed E-state index contributed by atoms with van der Waals surface area (Å²) in [7, 11) is 0. The number of hydrazone groups is 1. The van der Waals surface area contributed by atoms with Crippen LogP contribution in [0.3, 0.4) is 0 Å². The van der Waals surface area contributed by atoms with E-state index >= 15 is 0 Å². The second-order valence-electron chi connectivity index (χ2n) is 8.59. The molecule has 4 aromatic carbocycles. The van der Waals surface area contributed by atoms with E-state index in [-0.39, 0.29) is 0 Å². The smallest absolute Gasteiger partial charge is 0.355 e. The van der Waals surface area contributed by atoms with E-state index in [9.17, 15) is 9.59 Å². The van der Waals surface area contributed by atoms with Crippen LogP contribution in [0.1, 0.15) is 22.2 Å². The van der Waals surface area contributed by atoms with Crippen molar-refractivity contribution >= 4 is 51.1 Å². The average molecular weight is 555 g/mol. The molecule has 0 fully saturated rings. The van der Waals surface area contributed by atoms with Gasteiger partial charge < -0.3 is 9.47 Å². The number of esters is 1. The third-order valence-electron chi connectivity index (χ3n) is 5.82. The summed E-state index contributed by atoms with van der Waals surface area (Å²) >= 11 is 7.68. The molecule has 39 heavy (non-hydrogen) atoms. The second-order valence-corrected chi connectivity index (χ2v) is 10.0. The molecule has 0 spiro atoms. The number of halogens is 1. The summed E-state index contributed by atoms with van der Waals surface area (Å²) in [5.74, 6) is -0.0271. The van der Waals surface area contributed by atoms with Crippen LogP contribution >= 0.6 is 22.9 Å². The van der Waals surface area contributed by atoms with Crippen molar-refractivity contribution in [1.29, 1.82) is 0 Å². The highest BCUT2D eigenvalue weighted by Gasteiger charge is 2.19. The molecule has 0 radical (unpaired) electrons. The summed E-state index contributed by atoms with van der Waals surface area (Å²) in [5.41, 5.74) is 5.27. The number of nitrogens with one attached hydrogen (secondary N) is 1. The van der Waals surface area contributed by atoms with Gasteiger partial charge in [-0.05, 0) is 53.9 Å². The fourth-order valence-corrected chi connectivity index (χ4v) is 5.22. The van der Waals surface area contributed by atoms with Gasteiger partial charge in [0, 0.05) is 10.1 Å². The lowest BCUT2D eigenvalue weighted by Crippen LogP contribution is -2.33. The first-order valence-electron chi connectivity index (χ1n) is 12.1. The predicted octanol–water partition coefficient (Wildman–Crippen LogP) is 7.36. The zero-order chi connectivity index (χ0) is 27.2. The molecule has 0 aliphatic carbocycles. The molecule has 5 aromatic rings. The molecule has 0 unspecified atom stereocenters. The predicted molar refractivity (Wildman–Crippen MR) is 156 cm³/mol. The molecule has 5 rings (SSSR count). The van der Waals surface area contributed by atoms with Crippen molar-refractivity contribution in [2.45, 2.75) is 13.0 Å². The highest BCUT2D eigenvalue weighted by atomic mass is 35.5. The molecule has 0 bridgehead atoms. The van der Waals surface area contributed by atoms with Gasteiger partial charge in [0.15, 0.2) is 6.10 Å². The fraction of sp³-hybridized carbons (Fsp3) is 0.0645. The summed E-state index contributed by atoms with van der Waals surface area (Å²) in [5, 5.41) is 5.21.